The molecule has 2 aromatic carbocycles. The van der Waals surface area contributed by atoms with Gasteiger partial charge in [0.1, 0.15) is 0 Å². The first-order valence-corrected chi connectivity index (χ1v) is 8.16. The molecular weight excluding hydrogens is 312 g/mol. The molecule has 0 saturated carbocycles. The van der Waals surface area contributed by atoms with Gasteiger partial charge in [0, 0.05) is 18.5 Å². The van der Waals surface area contributed by atoms with Crippen LogP contribution in [0.1, 0.15) is 23.5 Å². The SMILES string of the molecule is COc1cccnc1NC(=O)CC(c1ccccc1)c1ccccc1. The fourth-order valence-electron chi connectivity index (χ4n) is 2.82. The summed E-state index contributed by atoms with van der Waals surface area (Å²) in [7, 11) is 1.56. The second-order valence-corrected chi connectivity index (χ2v) is 5.68. The number of ether oxygens (including phenoxy) is 1. The van der Waals surface area contributed by atoms with Crippen molar-refractivity contribution in [2.75, 3.05) is 12.4 Å². The molecule has 1 amide bonds. The van der Waals surface area contributed by atoms with Crippen molar-refractivity contribution in [2.45, 2.75) is 12.3 Å². The molecular formula is C21H20N2O2. The zero-order valence-electron chi connectivity index (χ0n) is 14.1. The number of nitrogens with one attached hydrogen (secondary N) is 1. The van der Waals surface area contributed by atoms with E-state index in [0.29, 0.717) is 18.0 Å². The largest absolute Gasteiger partial charge is 0.493 e. The Morgan fingerprint density at radius 3 is 2.12 bits per heavy atom. The van der Waals surface area contributed by atoms with Crippen LogP contribution in [0.2, 0.25) is 0 Å². The van der Waals surface area contributed by atoms with Crippen molar-refractivity contribution < 1.29 is 9.53 Å². The van der Waals surface area contributed by atoms with Gasteiger partial charge in [-0.2, -0.15) is 0 Å². The maximum absolute atomic E-state index is 12.6. The van der Waals surface area contributed by atoms with Crippen molar-refractivity contribution in [1.29, 1.82) is 0 Å². The number of hydrogen-bond acceptors (Lipinski definition) is 3. The van der Waals surface area contributed by atoms with Crippen LogP contribution in [0, 0.1) is 0 Å². The molecule has 1 N–H and O–H groups in total. The van der Waals surface area contributed by atoms with Crippen molar-refractivity contribution in [3.8, 4) is 5.75 Å². The predicted molar refractivity (Wildman–Crippen MR) is 98.8 cm³/mol. The molecule has 0 radical (unpaired) electrons. The molecule has 3 aromatic rings. The lowest BCUT2D eigenvalue weighted by Crippen LogP contribution is -2.17. The monoisotopic (exact) mass is 332 g/mol. The molecule has 0 spiro atoms. The summed E-state index contributed by atoms with van der Waals surface area (Å²) in [5.74, 6) is 0.869. The average molecular weight is 332 g/mol. The van der Waals surface area contributed by atoms with Crippen molar-refractivity contribution in [1.82, 2.24) is 4.98 Å². The number of hydrogen-bond donors (Lipinski definition) is 1. The summed E-state index contributed by atoms with van der Waals surface area (Å²) in [6.45, 7) is 0. The van der Waals surface area contributed by atoms with Gasteiger partial charge in [-0.25, -0.2) is 4.98 Å². The molecule has 4 heteroatoms. The Bertz CT molecular complexity index is 780. The van der Waals surface area contributed by atoms with E-state index in [1.54, 1.807) is 25.4 Å². The van der Waals surface area contributed by atoms with Gasteiger partial charge in [-0.15, -0.1) is 0 Å². The molecule has 1 heterocycles. The third-order valence-corrected chi connectivity index (χ3v) is 4.04. The van der Waals surface area contributed by atoms with E-state index in [0.717, 1.165) is 11.1 Å². The number of carbonyl (C=O) groups excluding carboxylic acids is 1. The molecule has 25 heavy (non-hydrogen) atoms. The summed E-state index contributed by atoms with van der Waals surface area (Å²) < 4.78 is 5.24. The lowest BCUT2D eigenvalue weighted by Gasteiger charge is -2.18. The van der Waals surface area contributed by atoms with Crippen LogP contribution in [0.25, 0.3) is 0 Å². The normalized spacial score (nSPS) is 10.5. The number of anilines is 1. The highest BCUT2D eigenvalue weighted by Crippen LogP contribution is 2.29. The first-order valence-electron chi connectivity index (χ1n) is 8.16. The summed E-state index contributed by atoms with van der Waals surface area (Å²) in [5.41, 5.74) is 2.22. The number of carbonyl (C=O) groups is 1. The van der Waals surface area contributed by atoms with Crippen LogP contribution in [0.4, 0.5) is 5.82 Å². The minimum absolute atomic E-state index is 0.0166. The molecule has 0 unspecified atom stereocenters. The first-order chi connectivity index (χ1) is 12.3. The van der Waals surface area contributed by atoms with Crippen LogP contribution in [-0.2, 0) is 4.79 Å². The number of methoxy groups -OCH3 is 1. The molecule has 0 fully saturated rings. The maximum Gasteiger partial charge on any atom is 0.226 e. The standard InChI is InChI=1S/C21H20N2O2/c1-25-19-13-8-14-22-21(19)23-20(24)15-18(16-9-4-2-5-10-16)17-11-6-3-7-12-17/h2-14,18H,15H2,1H3,(H,22,23,24). The summed E-state index contributed by atoms with van der Waals surface area (Å²) in [5, 5.41) is 2.86. The zero-order chi connectivity index (χ0) is 17.5. The van der Waals surface area contributed by atoms with Crippen LogP contribution in [0.3, 0.4) is 0 Å². The van der Waals surface area contributed by atoms with E-state index in [-0.39, 0.29) is 11.8 Å². The van der Waals surface area contributed by atoms with E-state index in [4.69, 9.17) is 4.74 Å². The summed E-state index contributed by atoms with van der Waals surface area (Å²) in [6, 6.07) is 23.7. The fourth-order valence-corrected chi connectivity index (χ4v) is 2.82. The van der Waals surface area contributed by atoms with E-state index in [2.05, 4.69) is 10.3 Å². The molecule has 0 aliphatic rings. The number of rotatable bonds is 6. The van der Waals surface area contributed by atoms with Gasteiger partial charge in [0.15, 0.2) is 11.6 Å². The Labute approximate surface area is 147 Å². The minimum atomic E-state index is -0.102. The highest BCUT2D eigenvalue weighted by Gasteiger charge is 2.19. The van der Waals surface area contributed by atoms with E-state index >= 15 is 0 Å². The van der Waals surface area contributed by atoms with Gasteiger partial charge in [-0.1, -0.05) is 60.7 Å². The smallest absolute Gasteiger partial charge is 0.226 e. The summed E-state index contributed by atoms with van der Waals surface area (Å²) in [4.78, 5) is 16.8. The van der Waals surface area contributed by atoms with Crippen LogP contribution >= 0.6 is 0 Å². The molecule has 4 nitrogen and oxygen atoms in total. The second kappa shape index (κ2) is 8.11. The summed E-state index contributed by atoms with van der Waals surface area (Å²) >= 11 is 0. The highest BCUT2D eigenvalue weighted by atomic mass is 16.5. The van der Waals surface area contributed by atoms with Gasteiger partial charge >= 0.3 is 0 Å². The van der Waals surface area contributed by atoms with Crippen molar-refractivity contribution in [3.63, 3.8) is 0 Å². The van der Waals surface area contributed by atoms with Gasteiger partial charge in [-0.05, 0) is 23.3 Å². The van der Waals surface area contributed by atoms with Crippen LogP contribution in [-0.4, -0.2) is 18.0 Å². The van der Waals surface area contributed by atoms with E-state index in [1.807, 2.05) is 60.7 Å². The quantitative estimate of drug-likeness (QED) is 0.734. The molecule has 0 bridgehead atoms. The van der Waals surface area contributed by atoms with Gasteiger partial charge in [-0.3, -0.25) is 4.79 Å². The van der Waals surface area contributed by atoms with E-state index in [1.165, 1.54) is 0 Å². The van der Waals surface area contributed by atoms with Gasteiger partial charge in [0.05, 0.1) is 7.11 Å². The number of nitrogens with zero attached hydrogens (tertiary/aromatic N) is 1. The Balaban J connectivity index is 1.82. The second-order valence-electron chi connectivity index (χ2n) is 5.68. The van der Waals surface area contributed by atoms with E-state index < -0.39 is 0 Å². The molecule has 1 aromatic heterocycles. The highest BCUT2D eigenvalue weighted by molar-refractivity contribution is 5.91. The first kappa shape index (κ1) is 16.7. The number of aromatic nitrogens is 1. The Morgan fingerprint density at radius 1 is 0.960 bits per heavy atom. The van der Waals surface area contributed by atoms with Gasteiger partial charge < -0.3 is 10.1 Å². The van der Waals surface area contributed by atoms with Crippen LogP contribution in [0.5, 0.6) is 5.75 Å². The number of pyridine rings is 1. The Morgan fingerprint density at radius 2 is 1.56 bits per heavy atom. The topological polar surface area (TPSA) is 51.2 Å². The Kier molecular flexibility index (Phi) is 5.42. The lowest BCUT2D eigenvalue weighted by molar-refractivity contribution is -0.116. The number of amides is 1. The third-order valence-electron chi connectivity index (χ3n) is 4.04. The molecule has 3 rings (SSSR count). The van der Waals surface area contributed by atoms with Crippen molar-refractivity contribution >= 4 is 11.7 Å². The van der Waals surface area contributed by atoms with Gasteiger partial charge in [0.25, 0.3) is 0 Å². The summed E-state index contributed by atoms with van der Waals surface area (Å²) in [6.07, 6.45) is 1.96. The predicted octanol–water partition coefficient (Wildman–Crippen LogP) is 4.25. The van der Waals surface area contributed by atoms with Crippen LogP contribution in [0.15, 0.2) is 79.0 Å². The minimum Gasteiger partial charge on any atom is -0.493 e. The van der Waals surface area contributed by atoms with E-state index in [9.17, 15) is 4.79 Å². The van der Waals surface area contributed by atoms with Crippen LogP contribution < -0.4 is 10.1 Å². The molecule has 126 valence electrons. The molecule has 0 aliphatic carbocycles. The zero-order valence-corrected chi connectivity index (χ0v) is 14.1. The van der Waals surface area contributed by atoms with Gasteiger partial charge in [0.2, 0.25) is 5.91 Å². The lowest BCUT2D eigenvalue weighted by atomic mass is 9.88. The molecule has 0 saturated heterocycles. The third kappa shape index (κ3) is 4.23. The molecule has 0 aliphatic heterocycles. The maximum atomic E-state index is 12.6. The number of benzene rings is 2. The fraction of sp³-hybridized carbons (Fsp3) is 0.143. The van der Waals surface area contributed by atoms with Crippen molar-refractivity contribution in [2.24, 2.45) is 0 Å². The van der Waals surface area contributed by atoms with Crippen molar-refractivity contribution in [3.05, 3.63) is 90.1 Å². The Hall–Kier alpha value is -3.14. The average Bonchev–Trinajstić information content (AvgIpc) is 2.68. The molecule has 0 atom stereocenters.